The Labute approximate surface area is 130 Å². The first-order valence-corrected chi connectivity index (χ1v) is 7.59. The summed E-state index contributed by atoms with van der Waals surface area (Å²) in [6.07, 6.45) is 1.69. The first-order valence-electron chi connectivity index (χ1n) is 7.59. The number of carbonyl (C=O) groups is 1. The molecule has 114 valence electrons. The molecule has 3 heteroatoms. The van der Waals surface area contributed by atoms with Crippen LogP contribution in [0.15, 0.2) is 48.5 Å². The maximum Gasteiger partial charge on any atom is 0.233 e. The number of likely N-dealkylation sites (N-methyl/N-ethyl adjacent to an activating group) is 1. The fraction of sp³-hybridized carbons (Fsp3) is 0.316. The summed E-state index contributed by atoms with van der Waals surface area (Å²) in [6, 6.07) is 14.4. The van der Waals surface area contributed by atoms with E-state index in [0.29, 0.717) is 6.54 Å². The van der Waals surface area contributed by atoms with Crippen molar-refractivity contribution in [3.05, 3.63) is 71.0 Å². The number of nitrogens with zero attached hydrogens (tertiary/aromatic N) is 1. The zero-order valence-electron chi connectivity index (χ0n) is 13.0. The summed E-state index contributed by atoms with van der Waals surface area (Å²) in [4.78, 5) is 14.7. The van der Waals surface area contributed by atoms with Crippen LogP contribution in [0, 0.1) is 12.7 Å². The molecule has 0 aliphatic heterocycles. The fourth-order valence-corrected chi connectivity index (χ4v) is 3.00. The molecule has 0 unspecified atom stereocenters. The minimum absolute atomic E-state index is 0.127. The molecule has 0 bridgehead atoms. The molecule has 0 spiro atoms. The summed E-state index contributed by atoms with van der Waals surface area (Å²) in [5, 5.41) is 0. The van der Waals surface area contributed by atoms with Crippen LogP contribution >= 0.6 is 0 Å². The van der Waals surface area contributed by atoms with E-state index >= 15 is 0 Å². The lowest BCUT2D eigenvalue weighted by molar-refractivity contribution is -0.133. The van der Waals surface area contributed by atoms with Gasteiger partial charge in [0.2, 0.25) is 5.91 Å². The molecule has 0 saturated heterocycles. The molecule has 2 aromatic carbocycles. The van der Waals surface area contributed by atoms with E-state index in [2.05, 4.69) is 19.1 Å². The third-order valence-electron chi connectivity index (χ3n) is 4.57. The summed E-state index contributed by atoms with van der Waals surface area (Å²) in [7, 11) is 1.85. The lowest BCUT2D eigenvalue weighted by Crippen LogP contribution is -2.36. The van der Waals surface area contributed by atoms with E-state index in [-0.39, 0.29) is 11.7 Å². The van der Waals surface area contributed by atoms with Gasteiger partial charge in [-0.15, -0.1) is 0 Å². The predicted octanol–water partition coefficient (Wildman–Crippen LogP) is 3.82. The van der Waals surface area contributed by atoms with Crippen molar-refractivity contribution >= 4 is 5.91 Å². The van der Waals surface area contributed by atoms with Crippen LogP contribution in [0.2, 0.25) is 0 Å². The van der Waals surface area contributed by atoms with Gasteiger partial charge in [-0.3, -0.25) is 4.79 Å². The van der Waals surface area contributed by atoms with Crippen molar-refractivity contribution in [2.24, 2.45) is 0 Å². The third-order valence-corrected chi connectivity index (χ3v) is 4.57. The van der Waals surface area contributed by atoms with Gasteiger partial charge in [-0.2, -0.15) is 0 Å². The van der Waals surface area contributed by atoms with E-state index < -0.39 is 5.41 Å². The highest BCUT2D eigenvalue weighted by molar-refractivity contribution is 5.91. The van der Waals surface area contributed by atoms with Gasteiger partial charge in [0.05, 0.1) is 5.41 Å². The molecule has 0 aromatic heterocycles. The van der Waals surface area contributed by atoms with Crippen LogP contribution in [-0.4, -0.2) is 17.9 Å². The van der Waals surface area contributed by atoms with Crippen molar-refractivity contribution < 1.29 is 9.18 Å². The zero-order valence-corrected chi connectivity index (χ0v) is 13.0. The van der Waals surface area contributed by atoms with Crippen molar-refractivity contribution in [3.8, 4) is 0 Å². The number of aryl methyl sites for hydroxylation is 1. The Balaban J connectivity index is 1.78. The lowest BCUT2D eigenvalue weighted by atomic mass is 9.94. The van der Waals surface area contributed by atoms with E-state index in [1.54, 1.807) is 17.0 Å². The van der Waals surface area contributed by atoms with Gasteiger partial charge >= 0.3 is 0 Å². The maximum atomic E-state index is 13.1. The molecule has 3 rings (SSSR count). The van der Waals surface area contributed by atoms with E-state index in [9.17, 15) is 9.18 Å². The Morgan fingerprint density at radius 1 is 1.14 bits per heavy atom. The molecule has 1 aliphatic carbocycles. The lowest BCUT2D eigenvalue weighted by Gasteiger charge is -2.24. The summed E-state index contributed by atoms with van der Waals surface area (Å²) in [5.74, 6) is -0.136. The van der Waals surface area contributed by atoms with Crippen LogP contribution < -0.4 is 0 Å². The van der Waals surface area contributed by atoms with Gasteiger partial charge in [-0.05, 0) is 48.6 Å². The monoisotopic (exact) mass is 297 g/mol. The van der Waals surface area contributed by atoms with Crippen molar-refractivity contribution in [1.82, 2.24) is 4.90 Å². The highest BCUT2D eigenvalue weighted by Gasteiger charge is 2.52. The standard InChI is InChI=1S/C19H20FNO/c1-14-5-3-4-6-15(14)13-21(2)18(22)19(11-12-19)16-7-9-17(20)10-8-16/h3-10H,11-13H2,1-2H3. The second kappa shape index (κ2) is 5.56. The van der Waals surface area contributed by atoms with Crippen LogP contribution in [0.4, 0.5) is 4.39 Å². The quantitative estimate of drug-likeness (QED) is 0.840. The van der Waals surface area contributed by atoms with Crippen LogP contribution in [0.5, 0.6) is 0 Å². The number of hydrogen-bond acceptors (Lipinski definition) is 1. The van der Waals surface area contributed by atoms with Crippen LogP contribution in [-0.2, 0) is 16.8 Å². The molecule has 2 nitrogen and oxygen atoms in total. The smallest absolute Gasteiger partial charge is 0.233 e. The van der Waals surface area contributed by atoms with Gasteiger partial charge in [0, 0.05) is 13.6 Å². The summed E-state index contributed by atoms with van der Waals surface area (Å²) in [6.45, 7) is 2.66. The number of rotatable bonds is 4. The number of amides is 1. The van der Waals surface area contributed by atoms with Crippen molar-refractivity contribution in [2.45, 2.75) is 31.7 Å². The first-order chi connectivity index (χ1) is 10.5. The summed E-state index contributed by atoms with van der Waals surface area (Å²) < 4.78 is 13.1. The van der Waals surface area contributed by atoms with E-state index in [1.807, 2.05) is 19.2 Å². The molecular formula is C19H20FNO. The molecular weight excluding hydrogens is 277 g/mol. The maximum absolute atomic E-state index is 13.1. The fourth-order valence-electron chi connectivity index (χ4n) is 3.00. The molecule has 22 heavy (non-hydrogen) atoms. The van der Waals surface area contributed by atoms with Gasteiger partial charge in [0.25, 0.3) is 0 Å². The molecule has 2 aromatic rings. The zero-order chi connectivity index (χ0) is 15.7. The topological polar surface area (TPSA) is 20.3 Å². The Hall–Kier alpha value is -2.16. The summed E-state index contributed by atoms with van der Waals surface area (Å²) >= 11 is 0. The van der Waals surface area contributed by atoms with E-state index in [0.717, 1.165) is 24.0 Å². The Morgan fingerprint density at radius 2 is 1.77 bits per heavy atom. The second-order valence-corrected chi connectivity index (χ2v) is 6.18. The van der Waals surface area contributed by atoms with Crippen LogP contribution in [0.3, 0.4) is 0 Å². The highest BCUT2D eigenvalue weighted by atomic mass is 19.1. The van der Waals surface area contributed by atoms with Gasteiger partial charge in [-0.25, -0.2) is 4.39 Å². The van der Waals surface area contributed by atoms with Gasteiger partial charge in [0.15, 0.2) is 0 Å². The first kappa shape index (κ1) is 14.8. The number of benzene rings is 2. The van der Waals surface area contributed by atoms with E-state index in [1.165, 1.54) is 17.7 Å². The average molecular weight is 297 g/mol. The van der Waals surface area contributed by atoms with Crippen molar-refractivity contribution in [1.29, 1.82) is 0 Å². The van der Waals surface area contributed by atoms with Gasteiger partial charge < -0.3 is 4.90 Å². The molecule has 0 heterocycles. The second-order valence-electron chi connectivity index (χ2n) is 6.18. The Kier molecular flexibility index (Phi) is 3.73. The molecule has 1 aliphatic rings. The molecule has 1 saturated carbocycles. The average Bonchev–Trinajstić information content (AvgIpc) is 3.31. The van der Waals surface area contributed by atoms with Crippen LogP contribution in [0.1, 0.15) is 29.5 Å². The van der Waals surface area contributed by atoms with Crippen molar-refractivity contribution in [2.75, 3.05) is 7.05 Å². The minimum Gasteiger partial charge on any atom is -0.341 e. The predicted molar refractivity (Wildman–Crippen MR) is 85.0 cm³/mol. The third kappa shape index (κ3) is 2.63. The number of halogens is 1. The highest BCUT2D eigenvalue weighted by Crippen LogP contribution is 2.49. The SMILES string of the molecule is Cc1ccccc1CN(C)C(=O)C1(c2ccc(F)cc2)CC1. The minimum atomic E-state index is -0.439. The van der Waals surface area contributed by atoms with Gasteiger partial charge in [0.1, 0.15) is 5.82 Å². The number of carbonyl (C=O) groups excluding carboxylic acids is 1. The van der Waals surface area contributed by atoms with E-state index in [4.69, 9.17) is 0 Å². The normalized spacial score (nSPS) is 15.4. The van der Waals surface area contributed by atoms with Crippen molar-refractivity contribution in [3.63, 3.8) is 0 Å². The molecule has 0 atom stereocenters. The Morgan fingerprint density at radius 3 is 2.36 bits per heavy atom. The Bertz CT molecular complexity index is 689. The largest absolute Gasteiger partial charge is 0.341 e. The molecule has 1 amide bonds. The summed E-state index contributed by atoms with van der Waals surface area (Å²) in [5.41, 5.74) is 2.84. The number of hydrogen-bond donors (Lipinski definition) is 0. The molecule has 0 N–H and O–H groups in total. The van der Waals surface area contributed by atoms with Crippen LogP contribution in [0.25, 0.3) is 0 Å². The molecule has 1 fully saturated rings. The molecule has 0 radical (unpaired) electrons. The van der Waals surface area contributed by atoms with Gasteiger partial charge in [-0.1, -0.05) is 36.4 Å².